The number of carbonyl (C=O) groups excluding carboxylic acids is 1. The van der Waals surface area contributed by atoms with E-state index in [9.17, 15) is 4.79 Å². The van der Waals surface area contributed by atoms with Crippen molar-refractivity contribution in [1.82, 2.24) is 4.98 Å². The van der Waals surface area contributed by atoms with Crippen molar-refractivity contribution in [3.63, 3.8) is 0 Å². The first-order chi connectivity index (χ1) is 8.15. The van der Waals surface area contributed by atoms with Gasteiger partial charge in [0.25, 0.3) is 0 Å². The molecule has 1 aromatic carbocycles. The Hall–Kier alpha value is -1.19. The first-order valence-electron chi connectivity index (χ1n) is 5.04. The van der Waals surface area contributed by atoms with Gasteiger partial charge in [0.15, 0.2) is 5.78 Å². The number of hydrogen-bond acceptors (Lipinski definition) is 2. The van der Waals surface area contributed by atoms with Gasteiger partial charge >= 0.3 is 0 Å². The maximum absolute atomic E-state index is 11.9. The van der Waals surface area contributed by atoms with E-state index in [0.717, 1.165) is 10.0 Å². The van der Waals surface area contributed by atoms with Gasteiger partial charge in [-0.05, 0) is 29.8 Å². The lowest BCUT2D eigenvalue weighted by atomic mass is 10.1. The summed E-state index contributed by atoms with van der Waals surface area (Å²) in [6, 6.07) is 11.0. The van der Waals surface area contributed by atoms with Crippen molar-refractivity contribution >= 4 is 33.3 Å². The second kappa shape index (κ2) is 5.43. The fraction of sp³-hybridized carbons (Fsp3) is 0.0769. The summed E-state index contributed by atoms with van der Waals surface area (Å²) in [4.78, 5) is 15.9. The van der Waals surface area contributed by atoms with E-state index < -0.39 is 0 Å². The summed E-state index contributed by atoms with van der Waals surface area (Å²) in [5.41, 5.74) is 1.40. The van der Waals surface area contributed by atoms with Crippen LogP contribution in [-0.2, 0) is 6.42 Å². The Balaban J connectivity index is 2.14. The number of ketones is 1. The van der Waals surface area contributed by atoms with Crippen molar-refractivity contribution in [3.8, 4) is 0 Å². The van der Waals surface area contributed by atoms with Gasteiger partial charge in [-0.1, -0.05) is 39.7 Å². The number of halogens is 2. The van der Waals surface area contributed by atoms with Crippen LogP contribution in [0.3, 0.4) is 0 Å². The highest BCUT2D eigenvalue weighted by Crippen LogP contribution is 2.14. The molecule has 0 amide bonds. The van der Waals surface area contributed by atoms with Gasteiger partial charge in [0.1, 0.15) is 5.69 Å². The number of benzene rings is 1. The van der Waals surface area contributed by atoms with Gasteiger partial charge in [-0.2, -0.15) is 0 Å². The Morgan fingerprint density at radius 2 is 2.12 bits per heavy atom. The maximum Gasteiger partial charge on any atom is 0.185 e. The topological polar surface area (TPSA) is 30.0 Å². The zero-order valence-electron chi connectivity index (χ0n) is 8.86. The standard InChI is InChI=1S/C13H9BrClNO/c14-10-3-1-2-9(6-10)7-13(17)12-5-4-11(15)8-16-12/h1-6,8H,7H2. The second-order valence-corrected chi connectivity index (χ2v) is 4.94. The summed E-state index contributed by atoms with van der Waals surface area (Å²) in [6.07, 6.45) is 1.82. The molecule has 2 rings (SSSR count). The Labute approximate surface area is 113 Å². The number of aromatic nitrogens is 1. The van der Waals surface area contributed by atoms with Gasteiger partial charge in [-0.15, -0.1) is 0 Å². The molecule has 1 aromatic heterocycles. The average molecular weight is 311 g/mol. The Bertz CT molecular complexity index is 539. The molecule has 0 aliphatic rings. The molecule has 0 N–H and O–H groups in total. The summed E-state index contributed by atoms with van der Waals surface area (Å²) in [5.74, 6) is -0.0141. The number of rotatable bonds is 3. The Kier molecular flexibility index (Phi) is 3.92. The molecular formula is C13H9BrClNO. The van der Waals surface area contributed by atoms with Gasteiger partial charge in [0.2, 0.25) is 0 Å². The molecule has 0 saturated carbocycles. The van der Waals surface area contributed by atoms with Crippen LogP contribution in [0.1, 0.15) is 16.1 Å². The summed E-state index contributed by atoms with van der Waals surface area (Å²) in [7, 11) is 0. The molecule has 1 heterocycles. The number of pyridine rings is 1. The molecular weight excluding hydrogens is 302 g/mol. The Morgan fingerprint density at radius 3 is 2.76 bits per heavy atom. The monoisotopic (exact) mass is 309 g/mol. The lowest BCUT2D eigenvalue weighted by Gasteiger charge is -2.01. The van der Waals surface area contributed by atoms with Crippen LogP contribution >= 0.6 is 27.5 Å². The molecule has 0 unspecified atom stereocenters. The molecule has 2 nitrogen and oxygen atoms in total. The summed E-state index contributed by atoms with van der Waals surface area (Å²) in [6.45, 7) is 0. The van der Waals surface area contributed by atoms with Gasteiger partial charge in [0.05, 0.1) is 5.02 Å². The average Bonchev–Trinajstić information content (AvgIpc) is 2.29. The highest BCUT2D eigenvalue weighted by Gasteiger charge is 2.08. The van der Waals surface area contributed by atoms with Crippen LogP contribution in [0.4, 0.5) is 0 Å². The van der Waals surface area contributed by atoms with Crippen LogP contribution in [-0.4, -0.2) is 10.8 Å². The van der Waals surface area contributed by atoms with E-state index >= 15 is 0 Å². The molecule has 0 bridgehead atoms. The SMILES string of the molecule is O=C(Cc1cccc(Br)c1)c1ccc(Cl)cn1. The molecule has 0 radical (unpaired) electrons. The molecule has 4 heteroatoms. The molecule has 0 saturated heterocycles. The number of nitrogens with zero attached hydrogens (tertiary/aromatic N) is 1. The van der Waals surface area contributed by atoms with Crippen molar-refractivity contribution < 1.29 is 4.79 Å². The fourth-order valence-corrected chi connectivity index (χ4v) is 2.02. The van der Waals surface area contributed by atoms with Gasteiger partial charge in [-0.25, -0.2) is 0 Å². The van der Waals surface area contributed by atoms with E-state index in [1.165, 1.54) is 6.20 Å². The normalized spacial score (nSPS) is 10.2. The van der Waals surface area contributed by atoms with Crippen molar-refractivity contribution in [2.45, 2.75) is 6.42 Å². The lowest BCUT2D eigenvalue weighted by molar-refractivity contribution is 0.0988. The molecule has 0 aliphatic heterocycles. The van der Waals surface area contributed by atoms with E-state index in [1.54, 1.807) is 12.1 Å². The minimum atomic E-state index is -0.0141. The van der Waals surface area contributed by atoms with E-state index in [1.807, 2.05) is 24.3 Å². The molecule has 0 fully saturated rings. The van der Waals surface area contributed by atoms with E-state index in [-0.39, 0.29) is 5.78 Å². The van der Waals surface area contributed by atoms with Gasteiger partial charge < -0.3 is 0 Å². The number of Topliss-reactive ketones (excluding diaryl/α,β-unsaturated/α-hetero) is 1. The minimum absolute atomic E-state index is 0.0141. The first-order valence-corrected chi connectivity index (χ1v) is 6.21. The Morgan fingerprint density at radius 1 is 1.29 bits per heavy atom. The summed E-state index contributed by atoms with van der Waals surface area (Å²) >= 11 is 9.09. The molecule has 86 valence electrons. The second-order valence-electron chi connectivity index (χ2n) is 3.59. The van der Waals surface area contributed by atoms with Crippen LogP contribution in [0.25, 0.3) is 0 Å². The van der Waals surface area contributed by atoms with Gasteiger partial charge in [-0.3, -0.25) is 9.78 Å². The first kappa shape index (κ1) is 12.3. The minimum Gasteiger partial charge on any atom is -0.292 e. The predicted molar refractivity (Wildman–Crippen MR) is 71.4 cm³/mol. The summed E-state index contributed by atoms with van der Waals surface area (Å²) < 4.78 is 0.965. The quantitative estimate of drug-likeness (QED) is 0.804. The highest BCUT2D eigenvalue weighted by atomic mass is 79.9. The summed E-state index contributed by atoms with van der Waals surface area (Å²) in [5, 5.41) is 0.531. The van der Waals surface area contributed by atoms with Crippen LogP contribution in [0.15, 0.2) is 47.1 Å². The number of carbonyl (C=O) groups is 1. The van der Waals surface area contributed by atoms with Crippen molar-refractivity contribution in [3.05, 3.63) is 63.3 Å². The van der Waals surface area contributed by atoms with E-state index in [4.69, 9.17) is 11.6 Å². The molecule has 2 aromatic rings. The molecule has 17 heavy (non-hydrogen) atoms. The third-order valence-electron chi connectivity index (χ3n) is 2.27. The van der Waals surface area contributed by atoms with Crippen LogP contribution in [0.5, 0.6) is 0 Å². The van der Waals surface area contributed by atoms with E-state index in [2.05, 4.69) is 20.9 Å². The van der Waals surface area contributed by atoms with Crippen LogP contribution in [0.2, 0.25) is 5.02 Å². The van der Waals surface area contributed by atoms with Crippen molar-refractivity contribution in [2.75, 3.05) is 0 Å². The third-order valence-corrected chi connectivity index (χ3v) is 2.98. The van der Waals surface area contributed by atoms with E-state index in [0.29, 0.717) is 17.1 Å². The van der Waals surface area contributed by atoms with Crippen LogP contribution in [0, 0.1) is 0 Å². The maximum atomic E-state index is 11.9. The van der Waals surface area contributed by atoms with Crippen molar-refractivity contribution in [2.24, 2.45) is 0 Å². The predicted octanol–water partition coefficient (Wildman–Crippen LogP) is 3.92. The smallest absolute Gasteiger partial charge is 0.185 e. The largest absolute Gasteiger partial charge is 0.292 e. The lowest BCUT2D eigenvalue weighted by Crippen LogP contribution is -2.05. The van der Waals surface area contributed by atoms with Gasteiger partial charge in [0, 0.05) is 17.1 Å². The molecule has 0 atom stereocenters. The number of hydrogen-bond donors (Lipinski definition) is 0. The molecule has 0 spiro atoms. The zero-order chi connectivity index (χ0) is 12.3. The third kappa shape index (κ3) is 3.38. The van der Waals surface area contributed by atoms with Crippen LogP contribution < -0.4 is 0 Å². The highest BCUT2D eigenvalue weighted by molar-refractivity contribution is 9.10. The van der Waals surface area contributed by atoms with Crippen molar-refractivity contribution in [1.29, 1.82) is 0 Å². The molecule has 0 aliphatic carbocycles. The fourth-order valence-electron chi connectivity index (χ4n) is 1.46. The zero-order valence-corrected chi connectivity index (χ0v) is 11.2.